The van der Waals surface area contributed by atoms with Gasteiger partial charge in [0.15, 0.2) is 0 Å². The maximum Gasteiger partial charge on any atom is 0.335 e. The number of nitrogens with zero attached hydrogens (tertiary/aromatic N) is 1. The SMILES string of the molecule is CCOCCN(C)CCCOc1cccc(C(=O)O)c1. The van der Waals surface area contributed by atoms with Crippen LogP contribution in [-0.2, 0) is 4.74 Å². The third-order valence-electron chi connectivity index (χ3n) is 2.86. The zero-order valence-corrected chi connectivity index (χ0v) is 12.2. The number of hydrogen-bond acceptors (Lipinski definition) is 4. The number of rotatable bonds is 10. The molecule has 0 saturated carbocycles. The van der Waals surface area contributed by atoms with Gasteiger partial charge in [0.05, 0.1) is 18.8 Å². The van der Waals surface area contributed by atoms with E-state index in [2.05, 4.69) is 4.90 Å². The first-order chi connectivity index (χ1) is 9.63. The zero-order chi connectivity index (χ0) is 14.8. The molecule has 0 aliphatic rings. The van der Waals surface area contributed by atoms with E-state index < -0.39 is 5.97 Å². The summed E-state index contributed by atoms with van der Waals surface area (Å²) in [6.07, 6.45) is 0.889. The molecule has 0 atom stereocenters. The number of ether oxygens (including phenoxy) is 2. The lowest BCUT2D eigenvalue weighted by Gasteiger charge is -2.16. The molecule has 0 unspecified atom stereocenters. The first-order valence-electron chi connectivity index (χ1n) is 6.86. The van der Waals surface area contributed by atoms with Gasteiger partial charge in [-0.1, -0.05) is 6.07 Å². The largest absolute Gasteiger partial charge is 0.494 e. The number of carboxylic acid groups (broad SMARTS) is 1. The van der Waals surface area contributed by atoms with E-state index in [-0.39, 0.29) is 5.56 Å². The lowest BCUT2D eigenvalue weighted by atomic mass is 10.2. The van der Waals surface area contributed by atoms with Crippen LogP contribution in [0.4, 0.5) is 0 Å². The number of likely N-dealkylation sites (N-methyl/N-ethyl adjacent to an activating group) is 1. The second-order valence-electron chi connectivity index (χ2n) is 4.54. The molecule has 1 aromatic rings. The Hall–Kier alpha value is -1.59. The van der Waals surface area contributed by atoms with Crippen LogP contribution in [0.2, 0.25) is 0 Å². The summed E-state index contributed by atoms with van der Waals surface area (Å²) in [5.41, 5.74) is 0.247. The van der Waals surface area contributed by atoms with E-state index in [1.54, 1.807) is 24.3 Å². The summed E-state index contributed by atoms with van der Waals surface area (Å²) in [5.74, 6) is -0.340. The van der Waals surface area contributed by atoms with Crippen molar-refractivity contribution in [2.24, 2.45) is 0 Å². The molecule has 1 aromatic carbocycles. The van der Waals surface area contributed by atoms with E-state index in [1.165, 1.54) is 0 Å². The minimum atomic E-state index is -0.939. The molecule has 0 spiro atoms. The van der Waals surface area contributed by atoms with Gasteiger partial charge in [-0.15, -0.1) is 0 Å². The normalized spacial score (nSPS) is 10.8. The van der Waals surface area contributed by atoms with Gasteiger partial charge in [-0.25, -0.2) is 4.79 Å². The Morgan fingerprint density at radius 1 is 1.30 bits per heavy atom. The molecule has 0 amide bonds. The Labute approximate surface area is 120 Å². The minimum absolute atomic E-state index is 0.247. The average Bonchev–Trinajstić information content (AvgIpc) is 2.44. The van der Waals surface area contributed by atoms with Crippen LogP contribution >= 0.6 is 0 Å². The Morgan fingerprint density at radius 3 is 2.80 bits per heavy atom. The van der Waals surface area contributed by atoms with Gasteiger partial charge in [-0.05, 0) is 38.6 Å². The van der Waals surface area contributed by atoms with Crippen LogP contribution in [0.3, 0.4) is 0 Å². The molecule has 0 aliphatic carbocycles. The van der Waals surface area contributed by atoms with E-state index in [4.69, 9.17) is 14.6 Å². The molecule has 0 aromatic heterocycles. The van der Waals surface area contributed by atoms with Crippen molar-refractivity contribution < 1.29 is 19.4 Å². The monoisotopic (exact) mass is 281 g/mol. The zero-order valence-electron chi connectivity index (χ0n) is 12.2. The first kappa shape index (κ1) is 16.5. The molecule has 5 heteroatoms. The molecule has 0 radical (unpaired) electrons. The summed E-state index contributed by atoms with van der Waals surface area (Å²) >= 11 is 0. The summed E-state index contributed by atoms with van der Waals surface area (Å²) in [6.45, 7) is 5.88. The van der Waals surface area contributed by atoms with E-state index >= 15 is 0 Å². The third kappa shape index (κ3) is 6.54. The van der Waals surface area contributed by atoms with E-state index in [1.807, 2.05) is 14.0 Å². The van der Waals surface area contributed by atoms with Crippen molar-refractivity contribution in [3.63, 3.8) is 0 Å². The van der Waals surface area contributed by atoms with Crippen LogP contribution in [-0.4, -0.2) is 55.9 Å². The predicted octanol–water partition coefficient (Wildman–Crippen LogP) is 2.12. The molecule has 0 saturated heterocycles. The van der Waals surface area contributed by atoms with Crippen LogP contribution in [0.25, 0.3) is 0 Å². The molecule has 0 aliphatic heterocycles. The van der Waals surface area contributed by atoms with Crippen molar-refractivity contribution in [3.05, 3.63) is 29.8 Å². The van der Waals surface area contributed by atoms with E-state index in [0.29, 0.717) is 12.4 Å². The molecular formula is C15H23NO4. The lowest BCUT2D eigenvalue weighted by Crippen LogP contribution is -2.25. The van der Waals surface area contributed by atoms with E-state index in [9.17, 15) is 4.79 Å². The van der Waals surface area contributed by atoms with Crippen LogP contribution in [0.5, 0.6) is 5.75 Å². The molecule has 0 heterocycles. The van der Waals surface area contributed by atoms with Crippen LogP contribution in [0, 0.1) is 0 Å². The van der Waals surface area contributed by atoms with E-state index in [0.717, 1.165) is 32.7 Å². The van der Waals surface area contributed by atoms with Crippen LogP contribution in [0.15, 0.2) is 24.3 Å². The van der Waals surface area contributed by atoms with Gasteiger partial charge < -0.3 is 19.5 Å². The maximum atomic E-state index is 10.8. The van der Waals surface area contributed by atoms with Crippen molar-refractivity contribution in [1.82, 2.24) is 4.90 Å². The van der Waals surface area contributed by atoms with Gasteiger partial charge >= 0.3 is 5.97 Å². The Bertz CT molecular complexity index is 409. The lowest BCUT2D eigenvalue weighted by molar-refractivity contribution is 0.0696. The second-order valence-corrected chi connectivity index (χ2v) is 4.54. The van der Waals surface area contributed by atoms with Crippen LogP contribution in [0.1, 0.15) is 23.7 Å². The van der Waals surface area contributed by atoms with Crippen LogP contribution < -0.4 is 4.74 Å². The van der Waals surface area contributed by atoms with Gasteiger partial charge in [0, 0.05) is 19.7 Å². The Kier molecular flexibility index (Phi) is 7.69. The van der Waals surface area contributed by atoms with Gasteiger partial charge in [0.2, 0.25) is 0 Å². The summed E-state index contributed by atoms with van der Waals surface area (Å²) in [4.78, 5) is 13.0. The predicted molar refractivity (Wildman–Crippen MR) is 77.5 cm³/mol. The Morgan fingerprint density at radius 2 is 2.10 bits per heavy atom. The molecule has 1 N–H and O–H groups in total. The molecular weight excluding hydrogens is 258 g/mol. The standard InChI is InChI=1S/C15H23NO4/c1-3-19-11-9-16(2)8-5-10-20-14-7-4-6-13(12-14)15(17)18/h4,6-7,12H,3,5,8-11H2,1-2H3,(H,17,18). The third-order valence-corrected chi connectivity index (χ3v) is 2.86. The quantitative estimate of drug-likeness (QED) is 0.666. The highest BCUT2D eigenvalue weighted by molar-refractivity contribution is 5.87. The molecule has 0 fully saturated rings. The van der Waals surface area contributed by atoms with Gasteiger partial charge in [0.1, 0.15) is 5.75 Å². The summed E-state index contributed by atoms with van der Waals surface area (Å²) < 4.78 is 10.8. The molecule has 5 nitrogen and oxygen atoms in total. The average molecular weight is 281 g/mol. The van der Waals surface area contributed by atoms with Gasteiger partial charge in [0.25, 0.3) is 0 Å². The molecule has 20 heavy (non-hydrogen) atoms. The molecule has 0 bridgehead atoms. The fourth-order valence-corrected chi connectivity index (χ4v) is 1.72. The fourth-order valence-electron chi connectivity index (χ4n) is 1.72. The van der Waals surface area contributed by atoms with Crippen molar-refractivity contribution in [2.75, 3.05) is 40.0 Å². The van der Waals surface area contributed by atoms with Gasteiger partial charge in [-0.2, -0.15) is 0 Å². The van der Waals surface area contributed by atoms with Crippen molar-refractivity contribution in [2.45, 2.75) is 13.3 Å². The number of benzene rings is 1. The van der Waals surface area contributed by atoms with Gasteiger partial charge in [-0.3, -0.25) is 0 Å². The summed E-state index contributed by atoms with van der Waals surface area (Å²) in [6, 6.07) is 6.55. The first-order valence-corrected chi connectivity index (χ1v) is 6.86. The van der Waals surface area contributed by atoms with Crippen molar-refractivity contribution >= 4 is 5.97 Å². The second kappa shape index (κ2) is 9.34. The summed E-state index contributed by atoms with van der Waals surface area (Å²) in [7, 11) is 2.05. The number of carbonyl (C=O) groups is 1. The number of carboxylic acids is 1. The molecule has 1 rings (SSSR count). The number of aromatic carboxylic acids is 1. The van der Waals surface area contributed by atoms with Crippen molar-refractivity contribution in [3.8, 4) is 5.75 Å². The minimum Gasteiger partial charge on any atom is -0.494 e. The smallest absolute Gasteiger partial charge is 0.335 e. The highest BCUT2D eigenvalue weighted by Crippen LogP contribution is 2.13. The molecule has 112 valence electrons. The number of hydrogen-bond donors (Lipinski definition) is 1. The summed E-state index contributed by atoms with van der Waals surface area (Å²) in [5, 5.41) is 8.88. The Balaban J connectivity index is 2.20. The topological polar surface area (TPSA) is 59.0 Å². The highest BCUT2D eigenvalue weighted by Gasteiger charge is 2.04. The highest BCUT2D eigenvalue weighted by atomic mass is 16.5. The fraction of sp³-hybridized carbons (Fsp3) is 0.533. The van der Waals surface area contributed by atoms with Crippen molar-refractivity contribution in [1.29, 1.82) is 0 Å². The maximum absolute atomic E-state index is 10.8.